The lowest BCUT2D eigenvalue weighted by Crippen LogP contribution is -2.51. The van der Waals surface area contributed by atoms with Gasteiger partial charge in [0.2, 0.25) is 0 Å². The summed E-state index contributed by atoms with van der Waals surface area (Å²) in [7, 11) is 0. The normalized spacial score (nSPS) is 19.9. The smallest absolute Gasteiger partial charge is 0.254 e. The maximum Gasteiger partial charge on any atom is 0.254 e. The van der Waals surface area contributed by atoms with Gasteiger partial charge in [-0.25, -0.2) is 9.97 Å². The van der Waals surface area contributed by atoms with Crippen molar-refractivity contribution >= 4 is 5.91 Å². The summed E-state index contributed by atoms with van der Waals surface area (Å²) in [6, 6.07) is 3.66. The van der Waals surface area contributed by atoms with Crippen LogP contribution in [0.15, 0.2) is 37.1 Å². The fourth-order valence-electron chi connectivity index (χ4n) is 3.01. The first kappa shape index (κ1) is 14.7. The molecule has 0 bridgehead atoms. The first-order valence-electron chi connectivity index (χ1n) is 7.68. The van der Waals surface area contributed by atoms with Crippen molar-refractivity contribution in [3.63, 3.8) is 0 Å². The molecule has 1 fully saturated rings. The van der Waals surface area contributed by atoms with Crippen LogP contribution < -0.4 is 5.73 Å². The third kappa shape index (κ3) is 2.87. The zero-order valence-corrected chi connectivity index (χ0v) is 12.7. The summed E-state index contributed by atoms with van der Waals surface area (Å²) in [5, 5.41) is 0. The Morgan fingerprint density at radius 2 is 2.27 bits per heavy atom. The number of imidazole rings is 1. The van der Waals surface area contributed by atoms with E-state index in [1.165, 1.54) is 0 Å². The van der Waals surface area contributed by atoms with Crippen molar-refractivity contribution in [3.8, 4) is 5.82 Å². The summed E-state index contributed by atoms with van der Waals surface area (Å²) in [5.74, 6) is 0.725. The van der Waals surface area contributed by atoms with Crippen LogP contribution in [0.2, 0.25) is 0 Å². The molecule has 6 nitrogen and oxygen atoms in total. The molecule has 6 heteroatoms. The minimum atomic E-state index is -0.0146. The lowest BCUT2D eigenvalue weighted by molar-refractivity contribution is 0.0583. The lowest BCUT2D eigenvalue weighted by atomic mass is 9.96. The average molecular weight is 299 g/mol. The summed E-state index contributed by atoms with van der Waals surface area (Å²) in [6.45, 7) is 2.74. The number of nitrogens with two attached hydrogens (primary N) is 1. The minimum absolute atomic E-state index is 0.0146. The highest BCUT2D eigenvalue weighted by Gasteiger charge is 2.29. The van der Waals surface area contributed by atoms with Gasteiger partial charge in [-0.15, -0.1) is 0 Å². The quantitative estimate of drug-likeness (QED) is 0.934. The molecule has 3 heterocycles. The molecule has 3 rings (SSSR count). The first-order valence-corrected chi connectivity index (χ1v) is 7.68. The highest BCUT2D eigenvalue weighted by molar-refractivity contribution is 5.94. The second-order valence-electron chi connectivity index (χ2n) is 5.79. The molecule has 2 atom stereocenters. The van der Waals surface area contributed by atoms with Crippen LogP contribution in [-0.2, 0) is 0 Å². The molecule has 1 saturated heterocycles. The lowest BCUT2D eigenvalue weighted by Gasteiger charge is -2.38. The zero-order valence-electron chi connectivity index (χ0n) is 12.7. The molecule has 0 aromatic carbocycles. The standard InChI is InChI=1S/C16H21N5O/c1-12(17)14-4-2-3-8-21(14)16(22)13-5-6-19-15(10-13)20-9-7-18-11-20/h5-7,9-12,14H,2-4,8,17H2,1H3/t12-,14+/m1/s1. The summed E-state index contributed by atoms with van der Waals surface area (Å²) in [4.78, 5) is 23.1. The molecule has 2 aromatic rings. The van der Waals surface area contributed by atoms with Crippen LogP contribution in [0.25, 0.3) is 5.82 Å². The van der Waals surface area contributed by atoms with E-state index in [2.05, 4.69) is 9.97 Å². The number of pyridine rings is 1. The van der Waals surface area contributed by atoms with Gasteiger partial charge >= 0.3 is 0 Å². The number of aromatic nitrogens is 3. The van der Waals surface area contributed by atoms with Crippen molar-refractivity contribution in [1.82, 2.24) is 19.4 Å². The summed E-state index contributed by atoms with van der Waals surface area (Å²) >= 11 is 0. The van der Waals surface area contributed by atoms with E-state index in [0.29, 0.717) is 11.4 Å². The summed E-state index contributed by atoms with van der Waals surface area (Å²) < 4.78 is 1.79. The predicted octanol–water partition coefficient (Wildman–Crippen LogP) is 1.61. The molecule has 2 N–H and O–H groups in total. The van der Waals surface area contributed by atoms with Gasteiger partial charge in [-0.05, 0) is 38.3 Å². The maximum absolute atomic E-state index is 12.9. The Morgan fingerprint density at radius 1 is 1.41 bits per heavy atom. The fraction of sp³-hybridized carbons (Fsp3) is 0.438. The number of amides is 1. The molecule has 1 amide bonds. The first-order chi connectivity index (χ1) is 10.7. The maximum atomic E-state index is 12.9. The van der Waals surface area contributed by atoms with Crippen LogP contribution in [0, 0.1) is 0 Å². The number of carbonyl (C=O) groups excluding carboxylic acids is 1. The predicted molar refractivity (Wildman–Crippen MR) is 83.7 cm³/mol. The number of likely N-dealkylation sites (tertiary alicyclic amines) is 1. The minimum Gasteiger partial charge on any atom is -0.334 e. The van der Waals surface area contributed by atoms with Crippen LogP contribution >= 0.6 is 0 Å². The molecule has 1 aliphatic rings. The summed E-state index contributed by atoms with van der Waals surface area (Å²) in [6.07, 6.45) is 9.97. The summed E-state index contributed by atoms with van der Waals surface area (Å²) in [5.41, 5.74) is 6.71. The van der Waals surface area contributed by atoms with Crippen LogP contribution in [-0.4, -0.2) is 44.0 Å². The van der Waals surface area contributed by atoms with Crippen molar-refractivity contribution in [3.05, 3.63) is 42.6 Å². The van der Waals surface area contributed by atoms with Crippen molar-refractivity contribution in [1.29, 1.82) is 0 Å². The highest BCUT2D eigenvalue weighted by atomic mass is 16.2. The monoisotopic (exact) mass is 299 g/mol. The van der Waals surface area contributed by atoms with Gasteiger partial charge < -0.3 is 10.6 Å². The van der Waals surface area contributed by atoms with Crippen LogP contribution in [0.5, 0.6) is 0 Å². The third-order valence-corrected chi connectivity index (χ3v) is 4.18. The Labute approximate surface area is 130 Å². The van der Waals surface area contributed by atoms with Crippen LogP contribution in [0.3, 0.4) is 0 Å². The molecule has 1 aliphatic heterocycles. The molecule has 116 valence electrons. The second kappa shape index (κ2) is 6.27. The molecular weight excluding hydrogens is 278 g/mol. The largest absolute Gasteiger partial charge is 0.334 e. The Balaban J connectivity index is 1.86. The molecule has 22 heavy (non-hydrogen) atoms. The van der Waals surface area contributed by atoms with E-state index in [1.807, 2.05) is 18.0 Å². The van der Waals surface area contributed by atoms with Gasteiger partial charge in [0.15, 0.2) is 0 Å². The van der Waals surface area contributed by atoms with Gasteiger partial charge in [-0.1, -0.05) is 0 Å². The molecular formula is C16H21N5O. The van der Waals surface area contributed by atoms with Gasteiger partial charge in [0.05, 0.1) is 0 Å². The van der Waals surface area contributed by atoms with E-state index < -0.39 is 0 Å². The number of piperidine rings is 1. The topological polar surface area (TPSA) is 77.0 Å². The van der Waals surface area contributed by atoms with Crippen molar-refractivity contribution < 1.29 is 4.79 Å². The number of carbonyl (C=O) groups is 1. The van der Waals surface area contributed by atoms with E-state index in [-0.39, 0.29) is 18.0 Å². The average Bonchev–Trinajstić information content (AvgIpc) is 3.09. The van der Waals surface area contributed by atoms with Gasteiger partial charge in [0.25, 0.3) is 5.91 Å². The number of hydrogen-bond donors (Lipinski definition) is 1. The van der Waals surface area contributed by atoms with E-state index in [4.69, 9.17) is 5.73 Å². The molecule has 0 unspecified atom stereocenters. The van der Waals surface area contributed by atoms with Crippen molar-refractivity contribution in [2.75, 3.05) is 6.54 Å². The van der Waals surface area contributed by atoms with Crippen LogP contribution in [0.4, 0.5) is 0 Å². The highest BCUT2D eigenvalue weighted by Crippen LogP contribution is 2.22. The Bertz CT molecular complexity index is 638. The number of rotatable bonds is 3. The Morgan fingerprint density at radius 3 is 3.00 bits per heavy atom. The zero-order chi connectivity index (χ0) is 15.5. The second-order valence-corrected chi connectivity index (χ2v) is 5.79. The van der Waals surface area contributed by atoms with Gasteiger partial charge in [0, 0.05) is 42.8 Å². The van der Waals surface area contributed by atoms with Crippen molar-refractivity contribution in [2.45, 2.75) is 38.3 Å². The Hall–Kier alpha value is -2.21. The van der Waals surface area contributed by atoms with E-state index in [9.17, 15) is 4.79 Å². The SMILES string of the molecule is C[C@@H](N)[C@@H]1CCCCN1C(=O)c1ccnc(-n2ccnc2)c1. The van der Waals surface area contributed by atoms with Crippen molar-refractivity contribution in [2.24, 2.45) is 5.73 Å². The number of nitrogens with zero attached hydrogens (tertiary/aromatic N) is 4. The molecule has 0 saturated carbocycles. The molecule has 0 radical (unpaired) electrons. The third-order valence-electron chi connectivity index (χ3n) is 4.18. The molecule has 0 aliphatic carbocycles. The van der Waals surface area contributed by atoms with Gasteiger partial charge in [-0.2, -0.15) is 0 Å². The van der Waals surface area contributed by atoms with Crippen LogP contribution in [0.1, 0.15) is 36.5 Å². The van der Waals surface area contributed by atoms with E-state index in [1.54, 1.807) is 35.4 Å². The fourth-order valence-corrected chi connectivity index (χ4v) is 3.01. The van der Waals surface area contributed by atoms with E-state index >= 15 is 0 Å². The number of hydrogen-bond acceptors (Lipinski definition) is 4. The molecule has 0 spiro atoms. The Kier molecular flexibility index (Phi) is 4.20. The van der Waals surface area contributed by atoms with E-state index in [0.717, 1.165) is 25.8 Å². The van der Waals surface area contributed by atoms with Gasteiger partial charge in [-0.3, -0.25) is 9.36 Å². The van der Waals surface area contributed by atoms with Gasteiger partial charge in [0.1, 0.15) is 12.1 Å². The molecule has 2 aromatic heterocycles.